The number of alkyl carbamates (subject to hydrolysis) is 1. The van der Waals surface area contributed by atoms with Crippen LogP contribution in [0.2, 0.25) is 5.02 Å². The molecule has 0 aromatic heterocycles. The van der Waals surface area contributed by atoms with Crippen LogP contribution < -0.4 is 10.6 Å². The Labute approximate surface area is 218 Å². The summed E-state index contributed by atoms with van der Waals surface area (Å²) in [5.74, 6) is -0.695. The normalized spacial score (nSPS) is 14.4. The van der Waals surface area contributed by atoms with Crippen molar-refractivity contribution in [3.63, 3.8) is 0 Å². The molecule has 1 aliphatic rings. The van der Waals surface area contributed by atoms with E-state index in [0.29, 0.717) is 10.7 Å². The predicted octanol–water partition coefficient (Wildman–Crippen LogP) is 5.85. The molecule has 8 heteroatoms. The average Bonchev–Trinajstić information content (AvgIpc) is 2.74. The highest BCUT2D eigenvalue weighted by molar-refractivity contribution is 6.34. The lowest BCUT2D eigenvalue weighted by atomic mass is 9.87. The van der Waals surface area contributed by atoms with Crippen molar-refractivity contribution in [3.05, 3.63) is 63.7 Å². The van der Waals surface area contributed by atoms with Crippen LogP contribution in [-0.4, -0.2) is 41.0 Å². The minimum absolute atomic E-state index is 0.110. The number of ether oxygens (including phenoxy) is 1. The molecule has 0 saturated heterocycles. The van der Waals surface area contributed by atoms with Crippen LogP contribution in [0, 0.1) is 20.8 Å². The number of aryl methyl sites for hydroxylation is 3. The Hall–Kier alpha value is -3.06. The number of para-hydroxylation sites is 1. The van der Waals surface area contributed by atoms with E-state index >= 15 is 0 Å². The summed E-state index contributed by atoms with van der Waals surface area (Å²) >= 11 is 6.40. The fourth-order valence-electron chi connectivity index (χ4n) is 4.23. The van der Waals surface area contributed by atoms with Gasteiger partial charge in [-0.1, -0.05) is 47.5 Å². The van der Waals surface area contributed by atoms with Crippen LogP contribution in [0.25, 0.3) is 0 Å². The molecule has 0 spiro atoms. The van der Waals surface area contributed by atoms with Gasteiger partial charge in [0.1, 0.15) is 18.2 Å². The molecular formula is C28H36ClN3O4. The molecule has 0 radical (unpaired) electrons. The highest BCUT2D eigenvalue weighted by Gasteiger charge is 2.39. The molecule has 194 valence electrons. The predicted molar refractivity (Wildman–Crippen MR) is 142 cm³/mol. The van der Waals surface area contributed by atoms with Crippen LogP contribution in [0.1, 0.15) is 68.3 Å². The molecule has 3 amide bonds. The first-order valence-corrected chi connectivity index (χ1v) is 12.7. The zero-order valence-electron chi connectivity index (χ0n) is 21.9. The van der Waals surface area contributed by atoms with Crippen molar-refractivity contribution in [2.45, 2.75) is 78.5 Å². The number of carbonyl (C=O) groups is 3. The second-order valence-electron chi connectivity index (χ2n) is 10.4. The van der Waals surface area contributed by atoms with Gasteiger partial charge in [-0.05, 0) is 83.6 Å². The van der Waals surface area contributed by atoms with Gasteiger partial charge < -0.3 is 20.3 Å². The van der Waals surface area contributed by atoms with E-state index in [9.17, 15) is 14.4 Å². The van der Waals surface area contributed by atoms with Gasteiger partial charge in [-0.2, -0.15) is 0 Å². The number of benzene rings is 2. The van der Waals surface area contributed by atoms with E-state index < -0.39 is 17.7 Å². The van der Waals surface area contributed by atoms with E-state index in [1.54, 1.807) is 31.7 Å². The van der Waals surface area contributed by atoms with Crippen molar-refractivity contribution >= 4 is 35.2 Å². The van der Waals surface area contributed by atoms with Gasteiger partial charge in [0, 0.05) is 6.04 Å². The third-order valence-electron chi connectivity index (χ3n) is 6.26. The Bertz CT molecular complexity index is 1120. The Kier molecular flexibility index (Phi) is 8.67. The quantitative estimate of drug-likeness (QED) is 0.486. The Morgan fingerprint density at radius 3 is 2.36 bits per heavy atom. The van der Waals surface area contributed by atoms with Gasteiger partial charge in [-0.15, -0.1) is 0 Å². The standard InChI is InChI=1S/C28H36ClN3O4/c1-17-13-14-18(2)21(15-17)25(26(34)31-24-19(3)9-7-12-22(24)29)32(20-10-8-11-20)23(33)16-30-27(35)36-28(4,5)6/h7,9,12-15,20,25H,8,10-11,16H2,1-6H3,(H,30,35)(H,31,34). The van der Waals surface area contributed by atoms with Crippen molar-refractivity contribution in [1.82, 2.24) is 10.2 Å². The van der Waals surface area contributed by atoms with Crippen LogP contribution in [0.4, 0.5) is 10.5 Å². The van der Waals surface area contributed by atoms with E-state index in [1.807, 2.05) is 51.1 Å². The Balaban J connectivity index is 1.98. The fraction of sp³-hybridized carbons (Fsp3) is 0.464. The SMILES string of the molecule is Cc1ccc(C)c(C(C(=O)Nc2c(C)cccc2Cl)N(C(=O)CNC(=O)OC(C)(C)C)C2CCC2)c1. The minimum atomic E-state index is -0.890. The van der Waals surface area contributed by atoms with Crippen LogP contribution >= 0.6 is 11.6 Å². The number of halogens is 1. The molecule has 1 aliphatic carbocycles. The molecular weight excluding hydrogens is 478 g/mol. The second-order valence-corrected chi connectivity index (χ2v) is 10.8. The maximum absolute atomic E-state index is 13.9. The van der Waals surface area contributed by atoms with Crippen LogP contribution in [0.15, 0.2) is 36.4 Å². The summed E-state index contributed by atoms with van der Waals surface area (Å²) < 4.78 is 5.29. The minimum Gasteiger partial charge on any atom is -0.444 e. The summed E-state index contributed by atoms with van der Waals surface area (Å²) in [5.41, 5.74) is 3.28. The van der Waals surface area contributed by atoms with Gasteiger partial charge >= 0.3 is 6.09 Å². The number of nitrogens with one attached hydrogen (secondary N) is 2. The van der Waals surface area contributed by atoms with E-state index in [1.165, 1.54) is 0 Å². The largest absolute Gasteiger partial charge is 0.444 e. The van der Waals surface area contributed by atoms with Crippen molar-refractivity contribution < 1.29 is 19.1 Å². The number of amides is 3. The molecule has 0 heterocycles. The van der Waals surface area contributed by atoms with Gasteiger partial charge in [0.15, 0.2) is 0 Å². The monoisotopic (exact) mass is 513 g/mol. The molecule has 2 aromatic carbocycles. The van der Waals surface area contributed by atoms with Crippen LogP contribution in [0.5, 0.6) is 0 Å². The molecule has 1 atom stereocenters. The highest BCUT2D eigenvalue weighted by Crippen LogP contribution is 2.36. The number of hydrogen-bond acceptors (Lipinski definition) is 4. The summed E-state index contributed by atoms with van der Waals surface area (Å²) in [5, 5.41) is 5.96. The molecule has 1 fully saturated rings. The molecule has 2 aromatic rings. The van der Waals surface area contributed by atoms with E-state index in [2.05, 4.69) is 10.6 Å². The molecule has 0 bridgehead atoms. The molecule has 1 saturated carbocycles. The van der Waals surface area contributed by atoms with Crippen molar-refractivity contribution in [2.24, 2.45) is 0 Å². The topological polar surface area (TPSA) is 87.7 Å². The van der Waals surface area contributed by atoms with Crippen molar-refractivity contribution in [2.75, 3.05) is 11.9 Å². The molecule has 2 N–H and O–H groups in total. The van der Waals surface area contributed by atoms with Crippen LogP contribution in [0.3, 0.4) is 0 Å². The summed E-state index contributed by atoms with van der Waals surface area (Å²) in [6, 6.07) is 10.3. The second kappa shape index (κ2) is 11.3. The van der Waals surface area contributed by atoms with E-state index in [-0.39, 0.29) is 24.4 Å². The molecule has 1 unspecified atom stereocenters. The first-order chi connectivity index (χ1) is 16.9. The van der Waals surface area contributed by atoms with E-state index in [0.717, 1.165) is 41.5 Å². The van der Waals surface area contributed by atoms with Crippen molar-refractivity contribution in [1.29, 1.82) is 0 Å². The third-order valence-corrected chi connectivity index (χ3v) is 6.58. The lowest BCUT2D eigenvalue weighted by molar-refractivity contribution is -0.143. The van der Waals surface area contributed by atoms with Gasteiger partial charge in [0.2, 0.25) is 5.91 Å². The molecule has 0 aliphatic heterocycles. The summed E-state index contributed by atoms with van der Waals surface area (Å²) in [4.78, 5) is 41.4. The van der Waals surface area contributed by atoms with Gasteiger partial charge in [0.25, 0.3) is 5.91 Å². The first-order valence-electron chi connectivity index (χ1n) is 12.3. The lowest BCUT2D eigenvalue weighted by Gasteiger charge is -2.42. The molecule has 3 rings (SSSR count). The number of anilines is 1. The van der Waals surface area contributed by atoms with E-state index in [4.69, 9.17) is 16.3 Å². The van der Waals surface area contributed by atoms with Gasteiger partial charge in [-0.3, -0.25) is 9.59 Å². The first kappa shape index (κ1) is 27.5. The number of hydrogen-bond donors (Lipinski definition) is 2. The van der Waals surface area contributed by atoms with Gasteiger partial charge in [-0.25, -0.2) is 4.79 Å². The molecule has 36 heavy (non-hydrogen) atoms. The zero-order chi connectivity index (χ0) is 26.6. The maximum Gasteiger partial charge on any atom is 0.408 e. The fourth-order valence-corrected chi connectivity index (χ4v) is 4.50. The third kappa shape index (κ3) is 6.78. The smallest absolute Gasteiger partial charge is 0.408 e. The maximum atomic E-state index is 13.9. The number of nitrogens with zero attached hydrogens (tertiary/aromatic N) is 1. The Morgan fingerprint density at radius 1 is 1.08 bits per heavy atom. The van der Waals surface area contributed by atoms with Gasteiger partial charge in [0.05, 0.1) is 10.7 Å². The summed E-state index contributed by atoms with van der Waals surface area (Å²) in [6.45, 7) is 10.7. The number of rotatable bonds is 7. The average molecular weight is 514 g/mol. The van der Waals surface area contributed by atoms with Crippen molar-refractivity contribution in [3.8, 4) is 0 Å². The Morgan fingerprint density at radius 2 is 1.78 bits per heavy atom. The molecule has 7 nitrogen and oxygen atoms in total. The zero-order valence-corrected chi connectivity index (χ0v) is 22.7. The van der Waals surface area contributed by atoms with Crippen LogP contribution in [-0.2, 0) is 14.3 Å². The summed E-state index contributed by atoms with van der Waals surface area (Å²) in [6.07, 6.45) is 1.87. The summed E-state index contributed by atoms with van der Waals surface area (Å²) in [7, 11) is 0. The number of carbonyl (C=O) groups excluding carboxylic acids is 3. The highest BCUT2D eigenvalue weighted by atomic mass is 35.5. The lowest BCUT2D eigenvalue weighted by Crippen LogP contribution is -2.53.